The molecular formula is C19H21N3O2. The smallest absolute Gasteiger partial charge is 0.255 e. The summed E-state index contributed by atoms with van der Waals surface area (Å²) in [6.07, 6.45) is 0.328. The summed E-state index contributed by atoms with van der Waals surface area (Å²) >= 11 is 0. The van der Waals surface area contributed by atoms with Crippen molar-refractivity contribution in [1.29, 1.82) is 0 Å². The third-order valence-electron chi connectivity index (χ3n) is 4.25. The fourth-order valence-electron chi connectivity index (χ4n) is 2.92. The Hall–Kier alpha value is -2.82. The van der Waals surface area contributed by atoms with Gasteiger partial charge in [-0.1, -0.05) is 0 Å². The number of nitrogens with zero attached hydrogens (tertiary/aromatic N) is 1. The van der Waals surface area contributed by atoms with E-state index in [0.29, 0.717) is 12.0 Å². The number of carbonyl (C=O) groups excluding carboxylic acids is 2. The Labute approximate surface area is 141 Å². The van der Waals surface area contributed by atoms with Gasteiger partial charge < -0.3 is 15.5 Å². The Morgan fingerprint density at radius 2 is 1.83 bits per heavy atom. The zero-order valence-corrected chi connectivity index (χ0v) is 13.9. The summed E-state index contributed by atoms with van der Waals surface area (Å²) in [5.74, 6) is -0.206. The van der Waals surface area contributed by atoms with E-state index < -0.39 is 0 Å². The molecule has 3 rings (SSSR count). The quantitative estimate of drug-likeness (QED) is 0.887. The summed E-state index contributed by atoms with van der Waals surface area (Å²) in [7, 11) is 0. The molecule has 2 aromatic rings. The summed E-state index contributed by atoms with van der Waals surface area (Å²) in [6, 6.07) is 13.1. The number of anilines is 3. The molecule has 0 radical (unpaired) electrons. The first-order valence-electron chi connectivity index (χ1n) is 8.20. The normalized spacial score (nSPS) is 12.5. The van der Waals surface area contributed by atoms with Crippen molar-refractivity contribution in [2.24, 2.45) is 0 Å². The van der Waals surface area contributed by atoms with Gasteiger partial charge in [-0.15, -0.1) is 0 Å². The number of benzene rings is 2. The van der Waals surface area contributed by atoms with Crippen molar-refractivity contribution < 1.29 is 9.59 Å². The number of hydrogen-bond donors (Lipinski definition) is 2. The second-order valence-electron chi connectivity index (χ2n) is 5.77. The van der Waals surface area contributed by atoms with Crippen LogP contribution in [0.4, 0.5) is 17.1 Å². The molecule has 1 aliphatic rings. The van der Waals surface area contributed by atoms with Gasteiger partial charge in [0, 0.05) is 35.7 Å². The maximum atomic E-state index is 12.4. The Morgan fingerprint density at radius 3 is 2.50 bits per heavy atom. The average molecular weight is 323 g/mol. The second-order valence-corrected chi connectivity index (χ2v) is 5.77. The molecule has 2 aromatic carbocycles. The molecule has 0 saturated carbocycles. The molecule has 0 aromatic heterocycles. The van der Waals surface area contributed by atoms with Crippen molar-refractivity contribution in [3.63, 3.8) is 0 Å². The number of fused-ring (bicyclic) bond motifs is 1. The highest BCUT2D eigenvalue weighted by molar-refractivity contribution is 6.06. The molecule has 1 heterocycles. The fraction of sp³-hybridized carbons (Fsp3) is 0.263. The maximum absolute atomic E-state index is 12.4. The highest BCUT2D eigenvalue weighted by atomic mass is 16.2. The average Bonchev–Trinajstić information content (AvgIpc) is 2.96. The molecular weight excluding hydrogens is 302 g/mol. The van der Waals surface area contributed by atoms with Gasteiger partial charge in [-0.2, -0.15) is 0 Å². The standard InChI is InChI=1S/C19H21N3O2/c1-3-22(4-2)16-8-6-15(7-9-16)20-19(24)13-5-10-17-14(11-13)12-18(23)21-17/h5-11H,3-4,12H2,1-2H3,(H,20,24)(H,21,23). The lowest BCUT2D eigenvalue weighted by atomic mass is 10.1. The Kier molecular flexibility index (Phi) is 4.51. The van der Waals surface area contributed by atoms with Crippen LogP contribution in [0, 0.1) is 0 Å². The fourth-order valence-corrected chi connectivity index (χ4v) is 2.92. The third-order valence-corrected chi connectivity index (χ3v) is 4.25. The van der Waals surface area contributed by atoms with Crippen LogP contribution in [0.5, 0.6) is 0 Å². The molecule has 2 amide bonds. The lowest BCUT2D eigenvalue weighted by molar-refractivity contribution is -0.115. The molecule has 1 aliphatic heterocycles. The van der Waals surface area contributed by atoms with E-state index in [-0.39, 0.29) is 11.8 Å². The van der Waals surface area contributed by atoms with Crippen LogP contribution in [0.1, 0.15) is 29.8 Å². The molecule has 0 unspecified atom stereocenters. The van der Waals surface area contributed by atoms with Gasteiger partial charge in [-0.25, -0.2) is 0 Å². The highest BCUT2D eigenvalue weighted by Gasteiger charge is 2.19. The first-order chi connectivity index (χ1) is 11.6. The third kappa shape index (κ3) is 3.25. The summed E-state index contributed by atoms with van der Waals surface area (Å²) in [4.78, 5) is 26.0. The largest absolute Gasteiger partial charge is 0.372 e. The molecule has 5 nitrogen and oxygen atoms in total. The lowest BCUT2D eigenvalue weighted by Gasteiger charge is -2.21. The zero-order valence-electron chi connectivity index (χ0n) is 13.9. The molecule has 0 atom stereocenters. The summed E-state index contributed by atoms with van der Waals surface area (Å²) < 4.78 is 0. The minimum Gasteiger partial charge on any atom is -0.372 e. The Morgan fingerprint density at radius 1 is 1.12 bits per heavy atom. The van der Waals surface area contributed by atoms with Crippen molar-refractivity contribution in [2.45, 2.75) is 20.3 Å². The highest BCUT2D eigenvalue weighted by Crippen LogP contribution is 2.24. The van der Waals surface area contributed by atoms with E-state index in [1.54, 1.807) is 18.2 Å². The second kappa shape index (κ2) is 6.74. The van der Waals surface area contributed by atoms with E-state index in [9.17, 15) is 9.59 Å². The van der Waals surface area contributed by atoms with Crippen LogP contribution in [0.3, 0.4) is 0 Å². The van der Waals surface area contributed by atoms with Gasteiger partial charge in [-0.05, 0) is 61.9 Å². The molecule has 5 heteroatoms. The molecule has 2 N–H and O–H groups in total. The Balaban J connectivity index is 1.71. The van der Waals surface area contributed by atoms with Crippen molar-refractivity contribution in [2.75, 3.05) is 28.6 Å². The van der Waals surface area contributed by atoms with Gasteiger partial charge in [0.25, 0.3) is 5.91 Å². The number of hydrogen-bond acceptors (Lipinski definition) is 3. The van der Waals surface area contributed by atoms with Crippen molar-refractivity contribution in [3.8, 4) is 0 Å². The molecule has 124 valence electrons. The van der Waals surface area contributed by atoms with Gasteiger partial charge >= 0.3 is 0 Å². The topological polar surface area (TPSA) is 61.4 Å². The van der Waals surface area contributed by atoms with Crippen LogP contribution in [0.2, 0.25) is 0 Å². The van der Waals surface area contributed by atoms with Crippen LogP contribution in [0.15, 0.2) is 42.5 Å². The Bertz CT molecular complexity index is 765. The van der Waals surface area contributed by atoms with Gasteiger partial charge in [0.15, 0.2) is 0 Å². The van der Waals surface area contributed by atoms with Crippen LogP contribution < -0.4 is 15.5 Å². The van der Waals surface area contributed by atoms with E-state index in [2.05, 4.69) is 29.4 Å². The maximum Gasteiger partial charge on any atom is 0.255 e. The van der Waals surface area contributed by atoms with Gasteiger partial charge in [0.05, 0.1) is 6.42 Å². The van der Waals surface area contributed by atoms with Crippen molar-refractivity contribution >= 4 is 28.9 Å². The van der Waals surface area contributed by atoms with Gasteiger partial charge in [-0.3, -0.25) is 9.59 Å². The van der Waals surface area contributed by atoms with Crippen molar-refractivity contribution in [3.05, 3.63) is 53.6 Å². The molecule has 0 aliphatic carbocycles. The molecule has 0 saturated heterocycles. The molecule has 0 bridgehead atoms. The monoisotopic (exact) mass is 323 g/mol. The predicted molar refractivity (Wildman–Crippen MR) is 96.7 cm³/mol. The molecule has 0 fully saturated rings. The minimum absolute atomic E-state index is 0.0328. The number of amides is 2. The van der Waals surface area contributed by atoms with E-state index in [4.69, 9.17) is 0 Å². The first kappa shape index (κ1) is 16.1. The summed E-state index contributed by atoms with van der Waals surface area (Å²) in [5.41, 5.74) is 4.11. The van der Waals surface area contributed by atoms with E-state index in [0.717, 1.165) is 35.7 Å². The SMILES string of the molecule is CCN(CC)c1ccc(NC(=O)c2ccc3c(c2)CC(=O)N3)cc1. The number of rotatable bonds is 5. The van der Waals surface area contributed by atoms with Crippen LogP contribution in [-0.4, -0.2) is 24.9 Å². The molecule has 0 spiro atoms. The zero-order chi connectivity index (χ0) is 17.1. The van der Waals surface area contributed by atoms with E-state index in [1.165, 1.54) is 0 Å². The first-order valence-corrected chi connectivity index (χ1v) is 8.20. The van der Waals surface area contributed by atoms with Gasteiger partial charge in [0.2, 0.25) is 5.91 Å². The van der Waals surface area contributed by atoms with E-state index in [1.807, 2.05) is 24.3 Å². The van der Waals surface area contributed by atoms with E-state index >= 15 is 0 Å². The molecule has 24 heavy (non-hydrogen) atoms. The van der Waals surface area contributed by atoms with Crippen molar-refractivity contribution in [1.82, 2.24) is 0 Å². The lowest BCUT2D eigenvalue weighted by Crippen LogP contribution is -2.21. The predicted octanol–water partition coefficient (Wildman–Crippen LogP) is 3.28. The number of nitrogens with one attached hydrogen (secondary N) is 2. The summed E-state index contributed by atoms with van der Waals surface area (Å²) in [6.45, 7) is 6.13. The van der Waals surface area contributed by atoms with Crippen LogP contribution in [0.25, 0.3) is 0 Å². The summed E-state index contributed by atoms with van der Waals surface area (Å²) in [5, 5.41) is 5.67. The van der Waals surface area contributed by atoms with Crippen LogP contribution in [-0.2, 0) is 11.2 Å². The minimum atomic E-state index is -0.173. The number of carbonyl (C=O) groups is 2. The van der Waals surface area contributed by atoms with Crippen LogP contribution >= 0.6 is 0 Å². The van der Waals surface area contributed by atoms with Gasteiger partial charge in [0.1, 0.15) is 0 Å².